The molecule has 0 atom stereocenters. The van der Waals surface area contributed by atoms with Crippen molar-refractivity contribution in [1.82, 2.24) is 5.32 Å². The van der Waals surface area contributed by atoms with Crippen molar-refractivity contribution in [3.05, 3.63) is 0 Å². The van der Waals surface area contributed by atoms with Gasteiger partial charge in [-0.2, -0.15) is 0 Å². The van der Waals surface area contributed by atoms with Crippen LogP contribution >= 0.6 is 22.6 Å². The predicted octanol–water partition coefficient (Wildman–Crippen LogP) is 2.41. The lowest BCUT2D eigenvalue weighted by Gasteiger charge is -1.94. The minimum Gasteiger partial charge on any atom is -0.465 e. The maximum absolute atomic E-state index is 9.80. The highest BCUT2D eigenvalue weighted by atomic mass is 127. The van der Waals surface area contributed by atoms with Crippen LogP contribution in [-0.4, -0.2) is 21.5 Å². The molecular formula is C8H16INO3. The lowest BCUT2D eigenvalue weighted by Crippen LogP contribution is -2.21. The third kappa shape index (κ3) is 24.5. The summed E-state index contributed by atoms with van der Waals surface area (Å²) in [5.41, 5.74) is 0. The summed E-state index contributed by atoms with van der Waals surface area (Å²) < 4.78 is 0.225. The molecule has 0 heterocycles. The van der Waals surface area contributed by atoms with Gasteiger partial charge in [-0.05, 0) is 29.0 Å². The molecule has 13 heavy (non-hydrogen) atoms. The number of nitrogens with one attached hydrogen (secondary N) is 1. The number of carboxylic acid groups (broad SMARTS) is 1. The molecule has 2 N–H and O–H groups in total. The van der Waals surface area contributed by atoms with Gasteiger partial charge in [0.1, 0.15) is 0 Å². The Kier molecular flexibility index (Phi) is 13.6. The second-order valence-electron chi connectivity index (χ2n) is 2.29. The van der Waals surface area contributed by atoms with Gasteiger partial charge < -0.3 is 10.4 Å². The summed E-state index contributed by atoms with van der Waals surface area (Å²) in [5, 5.41) is 10.3. The van der Waals surface area contributed by atoms with E-state index < -0.39 is 6.09 Å². The molecule has 0 aliphatic heterocycles. The summed E-state index contributed by atoms with van der Waals surface area (Å²) in [6.45, 7) is 4.43. The van der Waals surface area contributed by atoms with Crippen LogP contribution in [0.2, 0.25) is 0 Å². The molecule has 5 heteroatoms. The van der Waals surface area contributed by atoms with Crippen molar-refractivity contribution in [1.29, 1.82) is 0 Å². The summed E-state index contributed by atoms with van der Waals surface area (Å²) in [6, 6.07) is 0. The summed E-state index contributed by atoms with van der Waals surface area (Å²) in [6.07, 6.45) is 1.67. The smallest absolute Gasteiger partial charge is 0.404 e. The summed E-state index contributed by atoms with van der Waals surface area (Å²) in [5.74, 6) is 0. The van der Waals surface area contributed by atoms with Crippen molar-refractivity contribution in [3.63, 3.8) is 0 Å². The van der Waals surface area contributed by atoms with Gasteiger partial charge in [-0.3, -0.25) is 4.79 Å². The van der Waals surface area contributed by atoms with E-state index in [0.29, 0.717) is 13.0 Å². The molecule has 0 radical (unpaired) electrons. The van der Waals surface area contributed by atoms with Crippen LogP contribution in [0, 0.1) is 0 Å². The third-order valence-electron chi connectivity index (χ3n) is 1.08. The van der Waals surface area contributed by atoms with Gasteiger partial charge in [-0.15, -0.1) is 0 Å². The first kappa shape index (κ1) is 15.2. The third-order valence-corrected chi connectivity index (χ3v) is 1.85. The highest BCUT2D eigenvalue weighted by Gasteiger charge is 1.88. The Bertz CT molecular complexity index is 150. The normalized spacial score (nSPS) is 8.23. The largest absolute Gasteiger partial charge is 0.465 e. The second-order valence-corrected chi connectivity index (χ2v) is 3.50. The van der Waals surface area contributed by atoms with E-state index in [1.54, 1.807) is 22.6 Å². The molecule has 1 amide bonds. The zero-order valence-electron chi connectivity index (χ0n) is 7.97. The van der Waals surface area contributed by atoms with Crippen molar-refractivity contribution in [2.45, 2.75) is 33.1 Å². The van der Waals surface area contributed by atoms with Crippen LogP contribution in [0.25, 0.3) is 0 Å². The van der Waals surface area contributed by atoms with Crippen LogP contribution in [0.1, 0.15) is 33.1 Å². The molecule has 0 aromatic carbocycles. The topological polar surface area (TPSA) is 66.4 Å². The molecule has 0 saturated heterocycles. The maximum atomic E-state index is 9.80. The highest BCUT2D eigenvalue weighted by Crippen LogP contribution is 1.87. The minimum atomic E-state index is -0.932. The van der Waals surface area contributed by atoms with E-state index in [4.69, 9.17) is 5.11 Å². The molecule has 0 aliphatic rings. The Balaban J connectivity index is 0. The number of amides is 1. The van der Waals surface area contributed by atoms with Crippen LogP contribution in [0.15, 0.2) is 0 Å². The Morgan fingerprint density at radius 3 is 2.08 bits per heavy atom. The molecule has 0 aromatic rings. The minimum absolute atomic E-state index is 0.225. The molecule has 0 aromatic heterocycles. The maximum Gasteiger partial charge on any atom is 0.404 e. The molecule has 78 valence electrons. The molecule has 0 spiro atoms. The monoisotopic (exact) mass is 301 g/mol. The highest BCUT2D eigenvalue weighted by molar-refractivity contribution is 14.1. The van der Waals surface area contributed by atoms with Gasteiger partial charge in [0, 0.05) is 13.0 Å². The average molecular weight is 301 g/mol. The Labute approximate surface area is 92.2 Å². The van der Waals surface area contributed by atoms with Crippen molar-refractivity contribution >= 4 is 32.5 Å². The zero-order valence-corrected chi connectivity index (χ0v) is 10.1. The predicted molar refractivity (Wildman–Crippen MR) is 60.3 cm³/mol. The number of unbranched alkanes of at least 4 members (excludes halogenated alkanes) is 1. The van der Waals surface area contributed by atoms with Gasteiger partial charge in [0.2, 0.25) is 0 Å². The van der Waals surface area contributed by atoms with Gasteiger partial charge in [0.05, 0.1) is 0 Å². The second kappa shape index (κ2) is 11.7. The van der Waals surface area contributed by atoms with E-state index in [9.17, 15) is 9.59 Å². The lowest BCUT2D eigenvalue weighted by atomic mass is 10.3. The van der Waals surface area contributed by atoms with Gasteiger partial charge in [0.25, 0.3) is 0 Å². The van der Waals surface area contributed by atoms with E-state index in [1.807, 2.05) is 13.8 Å². The molecule has 0 aliphatic carbocycles. The van der Waals surface area contributed by atoms with Gasteiger partial charge >= 0.3 is 6.09 Å². The van der Waals surface area contributed by atoms with Crippen LogP contribution in [0.4, 0.5) is 4.79 Å². The fraction of sp³-hybridized carbons (Fsp3) is 0.750. The Hall–Kier alpha value is -0.330. The van der Waals surface area contributed by atoms with E-state index in [-0.39, 0.29) is 3.79 Å². The van der Waals surface area contributed by atoms with Crippen LogP contribution in [0.3, 0.4) is 0 Å². The van der Waals surface area contributed by atoms with Crippen molar-refractivity contribution in [2.24, 2.45) is 0 Å². The molecular weight excluding hydrogens is 285 g/mol. The number of halogens is 1. The van der Waals surface area contributed by atoms with Gasteiger partial charge in [0.15, 0.2) is 3.79 Å². The molecule has 0 fully saturated rings. The van der Waals surface area contributed by atoms with Crippen LogP contribution < -0.4 is 5.32 Å². The standard InChI is InChI=1S/C5H11NO2.C3H5IO/c1-2-3-4-6-5(7)8;1-2-3(4)5/h6H,2-4H2,1H3,(H,7,8);2H2,1H3. The van der Waals surface area contributed by atoms with E-state index in [0.717, 1.165) is 12.8 Å². The summed E-state index contributed by atoms with van der Waals surface area (Å²) in [4.78, 5) is 19.6. The van der Waals surface area contributed by atoms with E-state index in [2.05, 4.69) is 5.32 Å². The van der Waals surface area contributed by atoms with E-state index in [1.165, 1.54) is 0 Å². The van der Waals surface area contributed by atoms with Gasteiger partial charge in [-0.1, -0.05) is 20.3 Å². The summed E-state index contributed by atoms with van der Waals surface area (Å²) >= 11 is 1.77. The lowest BCUT2D eigenvalue weighted by molar-refractivity contribution is -0.109. The first-order valence-corrected chi connectivity index (χ1v) is 5.27. The number of carbonyl (C=O) groups excluding carboxylic acids is 1. The first-order chi connectivity index (χ1) is 6.04. The van der Waals surface area contributed by atoms with Gasteiger partial charge in [-0.25, -0.2) is 4.79 Å². The van der Waals surface area contributed by atoms with E-state index >= 15 is 0 Å². The fourth-order valence-corrected chi connectivity index (χ4v) is 0.372. The molecule has 0 rings (SSSR count). The quantitative estimate of drug-likeness (QED) is 0.476. The SMILES string of the molecule is CCC(=O)I.CCCCNC(=O)O. The van der Waals surface area contributed by atoms with Crippen molar-refractivity contribution in [3.8, 4) is 0 Å². The molecule has 0 unspecified atom stereocenters. The summed E-state index contributed by atoms with van der Waals surface area (Å²) in [7, 11) is 0. The first-order valence-electron chi connectivity index (χ1n) is 4.19. The number of rotatable bonds is 4. The molecule has 0 saturated carbocycles. The zero-order chi connectivity index (χ0) is 10.7. The van der Waals surface area contributed by atoms with Crippen LogP contribution in [0.5, 0.6) is 0 Å². The fourth-order valence-electron chi connectivity index (χ4n) is 0.372. The Morgan fingerprint density at radius 2 is 1.85 bits per heavy atom. The van der Waals surface area contributed by atoms with Crippen molar-refractivity contribution in [2.75, 3.05) is 6.54 Å². The Morgan fingerprint density at radius 1 is 1.38 bits per heavy atom. The number of carbonyl (C=O) groups is 2. The average Bonchev–Trinajstić information content (AvgIpc) is 2.05. The molecule has 0 bridgehead atoms. The van der Waals surface area contributed by atoms with Crippen LogP contribution in [-0.2, 0) is 4.79 Å². The number of hydrogen-bond donors (Lipinski definition) is 2. The molecule has 4 nitrogen and oxygen atoms in total. The van der Waals surface area contributed by atoms with Crippen molar-refractivity contribution < 1.29 is 14.7 Å². The number of hydrogen-bond acceptors (Lipinski definition) is 2.